The van der Waals surface area contributed by atoms with E-state index in [1.165, 1.54) is 24.2 Å². The number of nitrogens with zero attached hydrogens (tertiary/aromatic N) is 4. The number of ketones is 1. The van der Waals surface area contributed by atoms with Crippen molar-refractivity contribution in [1.29, 1.82) is 0 Å². The van der Waals surface area contributed by atoms with Crippen LogP contribution in [0, 0.1) is 5.92 Å². The molecule has 0 saturated heterocycles. The molecular formula is C30H28N6O2S. The first-order valence-corrected chi connectivity index (χ1v) is 13.9. The minimum atomic E-state index is 0.191. The summed E-state index contributed by atoms with van der Waals surface area (Å²) in [6, 6.07) is 17.7. The molecule has 3 aromatic heterocycles. The Balaban J connectivity index is 1.25. The Bertz CT molecular complexity index is 1590. The monoisotopic (exact) mass is 536 g/mol. The molecule has 1 saturated carbocycles. The van der Waals surface area contributed by atoms with Crippen molar-refractivity contribution in [1.82, 2.24) is 19.9 Å². The summed E-state index contributed by atoms with van der Waals surface area (Å²) in [6.45, 7) is 0. The first-order valence-electron chi connectivity index (χ1n) is 13.1. The third-order valence-electron chi connectivity index (χ3n) is 7.01. The smallest absolute Gasteiger partial charge is 0.227 e. The SMILES string of the molecule is Nc1nc(-c2cccc(CC(=O)C3CCCCC3)c2)c(-c2ccnc(Nc3cccc(-c4cnco4)c3)n2)s1. The summed E-state index contributed by atoms with van der Waals surface area (Å²) in [5.41, 5.74) is 11.3. The normalized spacial score (nSPS) is 13.8. The number of benzene rings is 2. The zero-order valence-corrected chi connectivity index (χ0v) is 22.2. The maximum absolute atomic E-state index is 12.9. The average Bonchev–Trinajstić information content (AvgIpc) is 3.64. The number of hydrogen-bond acceptors (Lipinski definition) is 9. The molecule has 0 aliphatic heterocycles. The van der Waals surface area contributed by atoms with Gasteiger partial charge in [-0.1, -0.05) is 60.9 Å². The van der Waals surface area contributed by atoms with E-state index < -0.39 is 0 Å². The van der Waals surface area contributed by atoms with Gasteiger partial charge in [0.25, 0.3) is 0 Å². The molecule has 1 fully saturated rings. The molecule has 0 radical (unpaired) electrons. The molecule has 2 aromatic carbocycles. The molecule has 1 aliphatic rings. The van der Waals surface area contributed by atoms with Gasteiger partial charge in [-0.25, -0.2) is 19.9 Å². The number of carbonyl (C=O) groups excluding carboxylic acids is 1. The Morgan fingerprint density at radius 2 is 1.87 bits per heavy atom. The molecule has 9 heteroatoms. The molecule has 39 heavy (non-hydrogen) atoms. The lowest BCUT2D eigenvalue weighted by Crippen LogP contribution is -2.19. The van der Waals surface area contributed by atoms with E-state index in [-0.39, 0.29) is 5.92 Å². The highest BCUT2D eigenvalue weighted by atomic mass is 32.1. The van der Waals surface area contributed by atoms with Crippen molar-refractivity contribution in [3.05, 3.63) is 78.9 Å². The van der Waals surface area contributed by atoms with Gasteiger partial charge >= 0.3 is 0 Å². The molecule has 8 nitrogen and oxygen atoms in total. The highest BCUT2D eigenvalue weighted by Gasteiger charge is 2.22. The third-order valence-corrected chi connectivity index (χ3v) is 7.91. The molecule has 5 aromatic rings. The van der Waals surface area contributed by atoms with E-state index in [0.29, 0.717) is 34.7 Å². The van der Waals surface area contributed by atoms with Gasteiger partial charge in [0, 0.05) is 35.3 Å². The predicted octanol–water partition coefficient (Wildman–Crippen LogP) is 6.94. The highest BCUT2D eigenvalue weighted by molar-refractivity contribution is 7.19. The van der Waals surface area contributed by atoms with Gasteiger partial charge in [-0.2, -0.15) is 0 Å². The molecule has 0 atom stereocenters. The quantitative estimate of drug-likeness (QED) is 0.219. The molecule has 0 amide bonds. The van der Waals surface area contributed by atoms with Crippen molar-refractivity contribution >= 4 is 33.9 Å². The molecule has 3 heterocycles. The van der Waals surface area contributed by atoms with Crippen LogP contribution in [0.3, 0.4) is 0 Å². The number of hydrogen-bond donors (Lipinski definition) is 2. The maximum atomic E-state index is 12.9. The molecular weight excluding hydrogens is 508 g/mol. The van der Waals surface area contributed by atoms with Crippen LogP contribution < -0.4 is 11.1 Å². The maximum Gasteiger partial charge on any atom is 0.227 e. The van der Waals surface area contributed by atoms with E-state index in [2.05, 4.69) is 20.3 Å². The molecule has 6 rings (SSSR count). The van der Waals surface area contributed by atoms with E-state index >= 15 is 0 Å². The highest BCUT2D eigenvalue weighted by Crippen LogP contribution is 2.38. The van der Waals surface area contributed by atoms with E-state index in [0.717, 1.165) is 58.6 Å². The summed E-state index contributed by atoms with van der Waals surface area (Å²) in [5, 5.41) is 3.73. The van der Waals surface area contributed by atoms with Crippen molar-refractivity contribution in [3.8, 4) is 33.2 Å². The number of carbonyl (C=O) groups is 1. The second kappa shape index (κ2) is 11.2. The third kappa shape index (κ3) is 5.73. The zero-order valence-electron chi connectivity index (χ0n) is 21.3. The van der Waals surface area contributed by atoms with Gasteiger partial charge in [-0.3, -0.25) is 4.79 Å². The Kier molecular flexibility index (Phi) is 7.14. The number of nitrogens with one attached hydrogen (secondary N) is 1. The van der Waals surface area contributed by atoms with Crippen LogP contribution in [0.1, 0.15) is 37.7 Å². The average molecular weight is 537 g/mol. The number of thiazole rings is 1. The summed E-state index contributed by atoms with van der Waals surface area (Å²) in [5.74, 6) is 1.66. The van der Waals surface area contributed by atoms with Crippen LogP contribution in [0.5, 0.6) is 0 Å². The largest absolute Gasteiger partial charge is 0.444 e. The fraction of sp³-hybridized carbons (Fsp3) is 0.233. The van der Waals surface area contributed by atoms with Crippen LogP contribution in [0.4, 0.5) is 16.8 Å². The van der Waals surface area contributed by atoms with Gasteiger partial charge in [0.1, 0.15) is 5.78 Å². The summed E-state index contributed by atoms with van der Waals surface area (Å²) < 4.78 is 5.41. The Labute approximate surface area is 230 Å². The molecule has 1 aliphatic carbocycles. The molecule has 196 valence electrons. The van der Waals surface area contributed by atoms with E-state index in [1.54, 1.807) is 12.4 Å². The topological polar surface area (TPSA) is 120 Å². The second-order valence-corrected chi connectivity index (χ2v) is 10.8. The minimum Gasteiger partial charge on any atom is -0.444 e. The van der Waals surface area contributed by atoms with E-state index in [4.69, 9.17) is 15.1 Å². The van der Waals surface area contributed by atoms with Gasteiger partial charge in [0.15, 0.2) is 17.3 Å². The number of Topliss-reactive ketones (excluding diaryl/α,β-unsaturated/α-hetero) is 1. The summed E-state index contributed by atoms with van der Waals surface area (Å²) in [7, 11) is 0. The molecule has 0 unspecified atom stereocenters. The van der Waals surface area contributed by atoms with E-state index in [9.17, 15) is 4.79 Å². The zero-order chi connectivity index (χ0) is 26.6. The van der Waals surface area contributed by atoms with Gasteiger partial charge < -0.3 is 15.5 Å². The van der Waals surface area contributed by atoms with Crippen LogP contribution in [-0.4, -0.2) is 25.7 Å². The van der Waals surface area contributed by atoms with E-state index in [1.807, 2.05) is 54.6 Å². The number of nitrogens with two attached hydrogens (primary N) is 1. The van der Waals surface area contributed by atoms with Gasteiger partial charge in [-0.15, -0.1) is 0 Å². The van der Waals surface area contributed by atoms with Crippen molar-refractivity contribution in [3.63, 3.8) is 0 Å². The number of nitrogen functional groups attached to an aromatic ring is 1. The number of aromatic nitrogens is 4. The standard InChI is InChI=1S/C30H28N6O2S/c31-29-36-27(22-10-4-6-19(14-22)15-25(37)20-7-2-1-3-8-20)28(39-29)24-12-13-33-30(35-24)34-23-11-5-9-21(16-23)26-17-32-18-38-26/h4-6,9-14,16-18,20H,1-3,7-8,15H2,(H2,31,36)(H,33,34,35). The summed E-state index contributed by atoms with van der Waals surface area (Å²) in [6.07, 6.45) is 10.8. The molecule has 0 bridgehead atoms. The number of rotatable bonds is 8. The lowest BCUT2D eigenvalue weighted by molar-refractivity contribution is -0.123. The van der Waals surface area contributed by atoms with Crippen LogP contribution in [0.25, 0.3) is 33.2 Å². The van der Waals surface area contributed by atoms with Crippen molar-refractivity contribution in [2.45, 2.75) is 38.5 Å². The molecule has 3 N–H and O–H groups in total. The molecule has 0 spiro atoms. The first-order chi connectivity index (χ1) is 19.1. The fourth-order valence-corrected chi connectivity index (χ4v) is 5.91. The second-order valence-electron chi connectivity index (χ2n) is 9.75. The van der Waals surface area contributed by atoms with Gasteiger partial charge in [0.2, 0.25) is 5.95 Å². The number of anilines is 3. The van der Waals surface area contributed by atoms with Crippen molar-refractivity contribution in [2.75, 3.05) is 11.1 Å². The van der Waals surface area contributed by atoms with Crippen LogP contribution in [0.15, 0.2) is 77.8 Å². The number of oxazole rings is 1. The minimum absolute atomic E-state index is 0.191. The van der Waals surface area contributed by atoms with Gasteiger partial charge in [-0.05, 0) is 42.7 Å². The Hall–Kier alpha value is -4.37. The van der Waals surface area contributed by atoms with Crippen molar-refractivity contribution < 1.29 is 9.21 Å². The lowest BCUT2D eigenvalue weighted by Gasteiger charge is -2.20. The summed E-state index contributed by atoms with van der Waals surface area (Å²) in [4.78, 5) is 31.6. The van der Waals surface area contributed by atoms with Crippen LogP contribution >= 0.6 is 11.3 Å². The lowest BCUT2D eigenvalue weighted by atomic mass is 9.84. The van der Waals surface area contributed by atoms with Crippen LogP contribution in [0.2, 0.25) is 0 Å². The predicted molar refractivity (Wildman–Crippen MR) is 153 cm³/mol. The Morgan fingerprint density at radius 3 is 2.72 bits per heavy atom. The van der Waals surface area contributed by atoms with Crippen molar-refractivity contribution in [2.24, 2.45) is 5.92 Å². The van der Waals surface area contributed by atoms with Crippen LogP contribution in [-0.2, 0) is 11.2 Å². The Morgan fingerprint density at radius 1 is 1.03 bits per heavy atom. The van der Waals surface area contributed by atoms with Gasteiger partial charge in [0.05, 0.1) is 22.5 Å². The summed E-state index contributed by atoms with van der Waals surface area (Å²) >= 11 is 1.38. The fourth-order valence-electron chi connectivity index (χ4n) is 5.09. The first kappa shape index (κ1) is 24.9.